The molecule has 10 heteroatoms. The molecule has 0 unspecified atom stereocenters. The monoisotopic (exact) mass is 496 g/mol. The number of alkyl halides is 3. The highest BCUT2D eigenvalue weighted by Gasteiger charge is 2.36. The van der Waals surface area contributed by atoms with Crippen molar-refractivity contribution < 1.29 is 27.6 Å². The smallest absolute Gasteiger partial charge is 0.343 e. The average Bonchev–Trinajstić information content (AvgIpc) is 2.91. The second kappa shape index (κ2) is 10.6. The first-order chi connectivity index (χ1) is 17.2. The maximum Gasteiger partial charge on any atom is 0.417 e. The van der Waals surface area contributed by atoms with Crippen molar-refractivity contribution in [1.29, 1.82) is 0 Å². The standard InChI is InChI=1S/C26H23F3N4O3/c27-26(28,29)21-9-5-4-8-20(21)25(36)33-14-12-32(13-15-33)23(34)17-31-24(35)19-10-11-22(30-16-19)18-6-2-1-3-7-18/h1-11,16H,12-15,17H2,(H,31,35). The number of nitrogens with one attached hydrogen (secondary N) is 1. The van der Waals surface area contributed by atoms with E-state index in [1.165, 1.54) is 28.1 Å². The number of hydrogen-bond donors (Lipinski definition) is 1. The molecule has 1 saturated heterocycles. The molecule has 36 heavy (non-hydrogen) atoms. The summed E-state index contributed by atoms with van der Waals surface area (Å²) >= 11 is 0. The Kier molecular flexibility index (Phi) is 7.33. The Labute approximate surface area is 205 Å². The summed E-state index contributed by atoms with van der Waals surface area (Å²) in [5.41, 5.74) is 0.542. The van der Waals surface area contributed by atoms with Gasteiger partial charge in [0.2, 0.25) is 5.91 Å². The van der Waals surface area contributed by atoms with Crippen molar-refractivity contribution in [2.45, 2.75) is 6.18 Å². The SMILES string of the molecule is O=C(NCC(=O)N1CCN(C(=O)c2ccccc2C(F)(F)F)CC1)c1ccc(-c2ccccc2)nc1. The van der Waals surface area contributed by atoms with Crippen molar-refractivity contribution in [3.63, 3.8) is 0 Å². The quantitative estimate of drug-likeness (QED) is 0.587. The van der Waals surface area contributed by atoms with E-state index in [0.29, 0.717) is 11.3 Å². The van der Waals surface area contributed by atoms with Crippen LogP contribution in [0.15, 0.2) is 72.9 Å². The second-order valence-electron chi connectivity index (χ2n) is 8.20. The van der Waals surface area contributed by atoms with Crippen LogP contribution >= 0.6 is 0 Å². The Morgan fingerprint density at radius 3 is 2.11 bits per heavy atom. The van der Waals surface area contributed by atoms with Crippen LogP contribution in [0.25, 0.3) is 11.3 Å². The fourth-order valence-corrected chi connectivity index (χ4v) is 3.92. The van der Waals surface area contributed by atoms with Crippen LogP contribution in [0.3, 0.4) is 0 Å². The number of rotatable bonds is 5. The van der Waals surface area contributed by atoms with Gasteiger partial charge in [0.15, 0.2) is 0 Å². The lowest BCUT2D eigenvalue weighted by molar-refractivity contribution is -0.138. The van der Waals surface area contributed by atoms with E-state index in [9.17, 15) is 27.6 Å². The molecule has 1 N–H and O–H groups in total. The van der Waals surface area contributed by atoms with E-state index in [-0.39, 0.29) is 38.6 Å². The van der Waals surface area contributed by atoms with E-state index in [1.807, 2.05) is 30.3 Å². The number of carbonyl (C=O) groups is 3. The van der Waals surface area contributed by atoms with Crippen molar-refractivity contribution in [2.24, 2.45) is 0 Å². The van der Waals surface area contributed by atoms with Gasteiger partial charge in [0, 0.05) is 37.9 Å². The zero-order chi connectivity index (χ0) is 25.7. The highest BCUT2D eigenvalue weighted by Crippen LogP contribution is 2.32. The molecule has 7 nitrogen and oxygen atoms in total. The third kappa shape index (κ3) is 5.70. The number of piperazine rings is 1. The topological polar surface area (TPSA) is 82.6 Å². The van der Waals surface area contributed by atoms with Crippen LogP contribution < -0.4 is 5.32 Å². The van der Waals surface area contributed by atoms with E-state index < -0.39 is 29.1 Å². The maximum absolute atomic E-state index is 13.3. The Bertz CT molecular complexity index is 1240. The van der Waals surface area contributed by atoms with E-state index >= 15 is 0 Å². The van der Waals surface area contributed by atoms with Crippen molar-refractivity contribution in [2.75, 3.05) is 32.7 Å². The molecule has 2 aromatic carbocycles. The van der Waals surface area contributed by atoms with Crippen molar-refractivity contribution >= 4 is 17.7 Å². The van der Waals surface area contributed by atoms with Crippen molar-refractivity contribution in [3.8, 4) is 11.3 Å². The molecule has 186 valence electrons. The lowest BCUT2D eigenvalue weighted by atomic mass is 10.1. The minimum atomic E-state index is -4.64. The third-order valence-electron chi connectivity index (χ3n) is 5.88. The Balaban J connectivity index is 1.28. The van der Waals surface area contributed by atoms with E-state index in [2.05, 4.69) is 10.3 Å². The zero-order valence-corrected chi connectivity index (χ0v) is 19.2. The van der Waals surface area contributed by atoms with Gasteiger partial charge >= 0.3 is 6.18 Å². The highest BCUT2D eigenvalue weighted by molar-refractivity contribution is 5.97. The number of nitrogens with zero attached hydrogens (tertiary/aromatic N) is 3. The molecule has 4 rings (SSSR count). The van der Waals surface area contributed by atoms with E-state index in [4.69, 9.17) is 0 Å². The van der Waals surface area contributed by atoms with Crippen LogP contribution in [-0.4, -0.2) is 65.2 Å². The molecule has 0 atom stereocenters. The van der Waals surface area contributed by atoms with Crippen LogP contribution in [0.2, 0.25) is 0 Å². The number of benzene rings is 2. The lowest BCUT2D eigenvalue weighted by Gasteiger charge is -2.35. The number of carbonyl (C=O) groups excluding carboxylic acids is 3. The normalized spacial score (nSPS) is 13.9. The molecular weight excluding hydrogens is 473 g/mol. The molecule has 1 fully saturated rings. The van der Waals surface area contributed by atoms with Crippen LogP contribution in [0, 0.1) is 0 Å². The van der Waals surface area contributed by atoms with E-state index in [1.54, 1.807) is 12.1 Å². The first kappa shape index (κ1) is 24.9. The Hall–Kier alpha value is -4.21. The van der Waals surface area contributed by atoms with Gasteiger partial charge in [-0.05, 0) is 24.3 Å². The summed E-state index contributed by atoms with van der Waals surface area (Å²) in [7, 11) is 0. The number of hydrogen-bond acceptors (Lipinski definition) is 4. The number of pyridine rings is 1. The maximum atomic E-state index is 13.3. The van der Waals surface area contributed by atoms with Gasteiger partial charge in [-0.1, -0.05) is 42.5 Å². The molecule has 0 bridgehead atoms. The summed E-state index contributed by atoms with van der Waals surface area (Å²) in [4.78, 5) is 44.7. The van der Waals surface area contributed by atoms with Crippen LogP contribution in [0.1, 0.15) is 26.3 Å². The van der Waals surface area contributed by atoms with Crippen molar-refractivity contribution in [1.82, 2.24) is 20.1 Å². The summed E-state index contributed by atoms with van der Waals surface area (Å²) < 4.78 is 39.8. The largest absolute Gasteiger partial charge is 0.417 e. The molecule has 0 spiro atoms. The molecule has 0 saturated carbocycles. The molecule has 3 aromatic rings. The van der Waals surface area contributed by atoms with Gasteiger partial charge in [-0.2, -0.15) is 13.2 Å². The van der Waals surface area contributed by atoms with Crippen LogP contribution in [0.5, 0.6) is 0 Å². The summed E-state index contributed by atoms with van der Waals surface area (Å²) in [5, 5.41) is 2.56. The minimum absolute atomic E-state index is 0.0928. The molecule has 1 aliphatic rings. The second-order valence-corrected chi connectivity index (χ2v) is 8.20. The predicted molar refractivity (Wildman–Crippen MR) is 126 cm³/mol. The summed E-state index contributed by atoms with van der Waals surface area (Å²) in [6.45, 7) is 0.249. The fraction of sp³-hybridized carbons (Fsp3) is 0.231. The first-order valence-electron chi connectivity index (χ1n) is 11.3. The van der Waals surface area contributed by atoms with E-state index in [0.717, 1.165) is 17.7 Å². The molecule has 1 aliphatic heterocycles. The number of halogens is 3. The van der Waals surface area contributed by atoms with Gasteiger partial charge in [-0.3, -0.25) is 19.4 Å². The van der Waals surface area contributed by atoms with Crippen molar-refractivity contribution in [3.05, 3.63) is 89.6 Å². The fourth-order valence-electron chi connectivity index (χ4n) is 3.92. The van der Waals surface area contributed by atoms with Gasteiger partial charge < -0.3 is 15.1 Å². The third-order valence-corrected chi connectivity index (χ3v) is 5.88. The predicted octanol–water partition coefficient (Wildman–Crippen LogP) is 3.48. The van der Waals surface area contributed by atoms with Crippen LogP contribution in [-0.2, 0) is 11.0 Å². The average molecular weight is 496 g/mol. The summed E-state index contributed by atoms with van der Waals surface area (Å²) in [6, 6.07) is 17.5. The molecule has 2 heterocycles. The molecule has 0 aliphatic carbocycles. The summed E-state index contributed by atoms with van der Waals surface area (Å²) in [6.07, 6.45) is -3.20. The molecular formula is C26H23F3N4O3. The Morgan fingerprint density at radius 1 is 0.833 bits per heavy atom. The lowest BCUT2D eigenvalue weighted by Crippen LogP contribution is -2.52. The van der Waals surface area contributed by atoms with Gasteiger partial charge in [-0.15, -0.1) is 0 Å². The molecule has 3 amide bonds. The zero-order valence-electron chi connectivity index (χ0n) is 19.2. The minimum Gasteiger partial charge on any atom is -0.343 e. The number of amides is 3. The van der Waals surface area contributed by atoms with Gasteiger partial charge in [0.05, 0.1) is 28.9 Å². The summed E-state index contributed by atoms with van der Waals surface area (Å²) in [5.74, 6) is -1.53. The molecule has 1 aromatic heterocycles. The van der Waals surface area contributed by atoms with Crippen LogP contribution in [0.4, 0.5) is 13.2 Å². The number of aromatic nitrogens is 1. The first-order valence-corrected chi connectivity index (χ1v) is 11.3. The van der Waals surface area contributed by atoms with Gasteiger partial charge in [-0.25, -0.2) is 0 Å². The molecule has 0 radical (unpaired) electrons. The van der Waals surface area contributed by atoms with Gasteiger partial charge in [0.25, 0.3) is 11.8 Å². The Morgan fingerprint density at radius 2 is 1.47 bits per heavy atom. The highest BCUT2D eigenvalue weighted by atomic mass is 19.4. The van der Waals surface area contributed by atoms with Gasteiger partial charge in [0.1, 0.15) is 0 Å².